The number of allylic oxidation sites excluding steroid dienone is 6. The monoisotopic (exact) mass is 246 g/mol. The standard InChI is InChI=1S/C18H30/c1-6-8-9-10-11-12-17(5)13-14-18(7-2)15-16(3)4/h7,13-14H,2-3,6,8-12,15H2,1,4-5H3. The number of hydrogen-bond acceptors (Lipinski definition) is 0. The van der Waals surface area contributed by atoms with E-state index < -0.39 is 0 Å². The maximum atomic E-state index is 3.94. The third kappa shape index (κ3) is 10.1. The predicted molar refractivity (Wildman–Crippen MR) is 84.8 cm³/mol. The lowest BCUT2D eigenvalue weighted by Crippen LogP contribution is -1.82. The molecule has 0 aliphatic heterocycles. The molecule has 0 saturated heterocycles. The fourth-order valence-electron chi connectivity index (χ4n) is 1.89. The Labute approximate surface area is 114 Å². The first-order valence-corrected chi connectivity index (χ1v) is 7.23. The van der Waals surface area contributed by atoms with Crippen LogP contribution < -0.4 is 0 Å². The Morgan fingerprint density at radius 1 is 1.00 bits per heavy atom. The van der Waals surface area contributed by atoms with E-state index in [1.165, 1.54) is 55.2 Å². The first-order chi connectivity index (χ1) is 8.60. The minimum Gasteiger partial charge on any atom is -0.0998 e. The van der Waals surface area contributed by atoms with Crippen molar-refractivity contribution in [3.63, 3.8) is 0 Å². The van der Waals surface area contributed by atoms with E-state index in [0.29, 0.717) is 0 Å². The molecule has 0 spiro atoms. The Morgan fingerprint density at radius 3 is 2.22 bits per heavy atom. The van der Waals surface area contributed by atoms with Gasteiger partial charge in [-0.2, -0.15) is 0 Å². The van der Waals surface area contributed by atoms with Gasteiger partial charge in [-0.25, -0.2) is 0 Å². The summed E-state index contributed by atoms with van der Waals surface area (Å²) in [7, 11) is 0. The summed E-state index contributed by atoms with van der Waals surface area (Å²) in [6, 6.07) is 0. The van der Waals surface area contributed by atoms with Gasteiger partial charge in [0, 0.05) is 0 Å². The molecular weight excluding hydrogens is 216 g/mol. The molecule has 0 heteroatoms. The zero-order valence-corrected chi connectivity index (χ0v) is 12.6. The molecule has 0 aromatic carbocycles. The second-order valence-corrected chi connectivity index (χ2v) is 5.26. The summed E-state index contributed by atoms with van der Waals surface area (Å²) in [6.07, 6.45) is 15.3. The van der Waals surface area contributed by atoms with E-state index in [4.69, 9.17) is 0 Å². The molecule has 0 heterocycles. The molecule has 0 amide bonds. The van der Waals surface area contributed by atoms with Crippen LogP contribution in [0.15, 0.2) is 48.1 Å². The molecule has 0 rings (SSSR count). The van der Waals surface area contributed by atoms with Crippen molar-refractivity contribution in [2.45, 2.75) is 65.7 Å². The molecule has 0 aliphatic carbocycles. The van der Waals surface area contributed by atoms with E-state index >= 15 is 0 Å². The van der Waals surface area contributed by atoms with Crippen molar-refractivity contribution >= 4 is 0 Å². The summed E-state index contributed by atoms with van der Waals surface area (Å²) in [5, 5.41) is 0. The van der Waals surface area contributed by atoms with Crippen molar-refractivity contribution in [1.82, 2.24) is 0 Å². The molecule has 0 aromatic heterocycles. The van der Waals surface area contributed by atoms with Crippen LogP contribution in [0.5, 0.6) is 0 Å². The second-order valence-electron chi connectivity index (χ2n) is 5.26. The zero-order valence-electron chi connectivity index (χ0n) is 12.6. The zero-order chi connectivity index (χ0) is 13.8. The van der Waals surface area contributed by atoms with Crippen molar-refractivity contribution in [2.75, 3.05) is 0 Å². The van der Waals surface area contributed by atoms with E-state index in [-0.39, 0.29) is 0 Å². The molecule has 0 nitrogen and oxygen atoms in total. The highest BCUT2D eigenvalue weighted by Gasteiger charge is 1.93. The van der Waals surface area contributed by atoms with Crippen molar-refractivity contribution in [2.24, 2.45) is 0 Å². The topological polar surface area (TPSA) is 0 Å². The van der Waals surface area contributed by atoms with E-state index in [2.05, 4.69) is 46.1 Å². The Kier molecular flexibility index (Phi) is 10.4. The maximum absolute atomic E-state index is 3.94. The highest BCUT2D eigenvalue weighted by Crippen LogP contribution is 2.13. The van der Waals surface area contributed by atoms with E-state index in [1.807, 2.05) is 6.08 Å². The summed E-state index contributed by atoms with van der Waals surface area (Å²) in [4.78, 5) is 0. The average Bonchev–Trinajstić information content (AvgIpc) is 2.33. The largest absolute Gasteiger partial charge is 0.0998 e. The van der Waals surface area contributed by atoms with Gasteiger partial charge in [-0.05, 0) is 38.7 Å². The van der Waals surface area contributed by atoms with E-state index in [0.717, 1.165) is 6.42 Å². The summed E-state index contributed by atoms with van der Waals surface area (Å²) >= 11 is 0. The fourth-order valence-corrected chi connectivity index (χ4v) is 1.89. The Morgan fingerprint density at radius 2 is 1.67 bits per heavy atom. The third-order valence-electron chi connectivity index (χ3n) is 3.02. The Bertz CT molecular complexity index is 302. The highest BCUT2D eigenvalue weighted by atomic mass is 14.0. The molecule has 0 radical (unpaired) electrons. The molecule has 0 fully saturated rings. The number of rotatable bonds is 10. The lowest BCUT2D eigenvalue weighted by Gasteiger charge is -2.02. The summed E-state index contributed by atoms with van der Waals surface area (Å²) in [6.45, 7) is 14.3. The second kappa shape index (κ2) is 11.1. The molecule has 102 valence electrons. The normalized spacial score (nSPS) is 12.6. The lowest BCUT2D eigenvalue weighted by molar-refractivity contribution is 0.630. The molecule has 0 aliphatic rings. The van der Waals surface area contributed by atoms with Gasteiger partial charge in [0.15, 0.2) is 0 Å². The summed E-state index contributed by atoms with van der Waals surface area (Å²) < 4.78 is 0. The fraction of sp³-hybridized carbons (Fsp3) is 0.556. The smallest absolute Gasteiger partial charge is 0.00728 e. The quantitative estimate of drug-likeness (QED) is 0.238. The van der Waals surface area contributed by atoms with Gasteiger partial charge in [-0.1, -0.05) is 75.1 Å². The lowest BCUT2D eigenvalue weighted by atomic mass is 10.0. The van der Waals surface area contributed by atoms with Crippen LogP contribution in [-0.4, -0.2) is 0 Å². The molecule has 0 saturated carbocycles. The van der Waals surface area contributed by atoms with E-state index in [9.17, 15) is 0 Å². The summed E-state index contributed by atoms with van der Waals surface area (Å²) in [5.74, 6) is 0. The molecule has 0 bridgehead atoms. The van der Waals surface area contributed by atoms with Crippen LogP contribution in [-0.2, 0) is 0 Å². The molecule has 0 atom stereocenters. The van der Waals surface area contributed by atoms with Gasteiger partial charge in [-0.15, -0.1) is 0 Å². The highest BCUT2D eigenvalue weighted by molar-refractivity contribution is 5.27. The molecule has 0 aromatic rings. The van der Waals surface area contributed by atoms with Crippen LogP contribution in [0.2, 0.25) is 0 Å². The molecule has 18 heavy (non-hydrogen) atoms. The Hall–Kier alpha value is -1.04. The minimum atomic E-state index is 0.934. The Balaban J connectivity index is 4.03. The molecular formula is C18H30. The van der Waals surface area contributed by atoms with Crippen LogP contribution >= 0.6 is 0 Å². The third-order valence-corrected chi connectivity index (χ3v) is 3.02. The van der Waals surface area contributed by atoms with Crippen molar-refractivity contribution in [3.8, 4) is 0 Å². The first kappa shape index (κ1) is 17.0. The van der Waals surface area contributed by atoms with Crippen LogP contribution in [0.25, 0.3) is 0 Å². The van der Waals surface area contributed by atoms with Crippen molar-refractivity contribution in [1.29, 1.82) is 0 Å². The predicted octanol–water partition coefficient (Wildman–Crippen LogP) is 6.37. The first-order valence-electron chi connectivity index (χ1n) is 7.23. The van der Waals surface area contributed by atoms with Crippen LogP contribution in [0.3, 0.4) is 0 Å². The van der Waals surface area contributed by atoms with Gasteiger partial charge >= 0.3 is 0 Å². The van der Waals surface area contributed by atoms with Crippen molar-refractivity contribution < 1.29 is 0 Å². The maximum Gasteiger partial charge on any atom is -0.00728 e. The van der Waals surface area contributed by atoms with Crippen LogP contribution in [0, 0.1) is 0 Å². The van der Waals surface area contributed by atoms with Gasteiger partial charge < -0.3 is 0 Å². The molecule has 0 N–H and O–H groups in total. The minimum absolute atomic E-state index is 0.934. The molecule has 0 unspecified atom stereocenters. The van der Waals surface area contributed by atoms with Gasteiger partial charge in [0.2, 0.25) is 0 Å². The van der Waals surface area contributed by atoms with Crippen molar-refractivity contribution in [3.05, 3.63) is 48.1 Å². The number of unbranched alkanes of at least 4 members (excludes halogenated alkanes) is 4. The number of hydrogen-bond donors (Lipinski definition) is 0. The van der Waals surface area contributed by atoms with Crippen LogP contribution in [0.4, 0.5) is 0 Å². The average molecular weight is 246 g/mol. The van der Waals surface area contributed by atoms with Gasteiger partial charge in [0.05, 0.1) is 0 Å². The summed E-state index contributed by atoms with van der Waals surface area (Å²) in [5.41, 5.74) is 3.91. The van der Waals surface area contributed by atoms with Crippen LogP contribution in [0.1, 0.15) is 65.7 Å². The van der Waals surface area contributed by atoms with Gasteiger partial charge in [0.1, 0.15) is 0 Å². The SMILES string of the molecule is C=CC(=CC=C(C)CCCCCCC)CC(=C)C. The van der Waals surface area contributed by atoms with Gasteiger partial charge in [-0.3, -0.25) is 0 Å². The van der Waals surface area contributed by atoms with Gasteiger partial charge in [0.25, 0.3) is 0 Å². The van der Waals surface area contributed by atoms with E-state index in [1.54, 1.807) is 0 Å².